The number of fused-ring (bicyclic) bond motifs is 3. The van der Waals surface area contributed by atoms with Gasteiger partial charge in [0.25, 0.3) is 0 Å². The molecule has 0 radical (unpaired) electrons. The van der Waals surface area contributed by atoms with E-state index in [1.165, 1.54) is 49.5 Å². The third kappa shape index (κ3) is 5.86. The molecular weight excluding hydrogens is 655 g/mol. The Labute approximate surface area is 315 Å². The van der Waals surface area contributed by atoms with Crippen LogP contribution in [0.3, 0.4) is 0 Å². The third-order valence-electron chi connectivity index (χ3n) is 10.7. The largest absolute Gasteiger partial charge is 0.263 e. The maximum absolute atomic E-state index is 5.24. The standard InChI is InChI=1S/C51H35N3/c1-4-17-43-34(10-1)13-8-20-45(43)36-24-28-39(29-25-36)51-53-49(38-26-22-37(23-27-38)48-33-52-32-42-12-3-6-19-47(42)48)31-50(54-51)41-16-7-15-40(30-41)46-21-9-14-35-11-2-5-18-44(35)46/h1-4,6-17,19-33H,5,18H2. The molecule has 2 heterocycles. The van der Waals surface area contributed by atoms with Gasteiger partial charge in [0.15, 0.2) is 5.82 Å². The molecule has 0 aliphatic heterocycles. The lowest BCUT2D eigenvalue weighted by Crippen LogP contribution is -1.98. The van der Waals surface area contributed by atoms with Gasteiger partial charge in [-0.3, -0.25) is 4.98 Å². The average molecular weight is 690 g/mol. The SMILES string of the molecule is C1=Cc2cccc(-c3cccc(-c4cc(-c5ccc(-c6cncc7ccccc67)cc5)nc(-c5ccc(-c6cccc7ccccc67)cc5)n4)c3)c2CC1. The lowest BCUT2D eigenvalue weighted by Gasteiger charge is -2.16. The van der Waals surface area contributed by atoms with Crippen molar-refractivity contribution < 1.29 is 0 Å². The number of nitrogens with zero attached hydrogens (tertiary/aromatic N) is 3. The molecule has 0 fully saturated rings. The van der Waals surface area contributed by atoms with Gasteiger partial charge in [-0.15, -0.1) is 0 Å². The Bertz CT molecular complexity index is 2720. The van der Waals surface area contributed by atoms with Gasteiger partial charge < -0.3 is 0 Å². The van der Waals surface area contributed by atoms with Crippen molar-refractivity contribution >= 4 is 27.6 Å². The number of aromatic nitrogens is 3. The Morgan fingerprint density at radius 2 is 1.02 bits per heavy atom. The summed E-state index contributed by atoms with van der Waals surface area (Å²) in [5, 5.41) is 4.79. The number of pyridine rings is 1. The van der Waals surface area contributed by atoms with E-state index in [1.54, 1.807) is 0 Å². The van der Waals surface area contributed by atoms with Crippen molar-refractivity contribution in [3.05, 3.63) is 193 Å². The summed E-state index contributed by atoms with van der Waals surface area (Å²) < 4.78 is 0. The Balaban J connectivity index is 1.08. The van der Waals surface area contributed by atoms with E-state index in [2.05, 4.69) is 181 Å². The molecule has 0 atom stereocenters. The normalized spacial score (nSPS) is 12.2. The molecule has 0 saturated heterocycles. The highest BCUT2D eigenvalue weighted by molar-refractivity contribution is 5.97. The summed E-state index contributed by atoms with van der Waals surface area (Å²) in [5.74, 6) is 0.696. The summed E-state index contributed by atoms with van der Waals surface area (Å²) in [6, 6.07) is 58.3. The van der Waals surface area contributed by atoms with Gasteiger partial charge >= 0.3 is 0 Å². The maximum atomic E-state index is 5.24. The van der Waals surface area contributed by atoms with E-state index in [9.17, 15) is 0 Å². The molecule has 0 saturated carbocycles. The van der Waals surface area contributed by atoms with Gasteiger partial charge in [0.2, 0.25) is 0 Å². The van der Waals surface area contributed by atoms with Crippen LogP contribution >= 0.6 is 0 Å². The Morgan fingerprint density at radius 3 is 1.85 bits per heavy atom. The molecule has 9 aromatic rings. The second-order valence-corrected chi connectivity index (χ2v) is 13.9. The van der Waals surface area contributed by atoms with Crippen LogP contribution in [-0.2, 0) is 6.42 Å². The van der Waals surface area contributed by atoms with Crippen molar-refractivity contribution in [3.8, 4) is 67.3 Å². The monoisotopic (exact) mass is 689 g/mol. The van der Waals surface area contributed by atoms with E-state index >= 15 is 0 Å². The summed E-state index contributed by atoms with van der Waals surface area (Å²) in [6.07, 6.45) is 10.5. The number of hydrogen-bond donors (Lipinski definition) is 0. The van der Waals surface area contributed by atoms with Gasteiger partial charge in [0.1, 0.15) is 0 Å². The molecule has 7 aromatic carbocycles. The van der Waals surface area contributed by atoms with Crippen molar-refractivity contribution in [2.75, 3.05) is 0 Å². The molecule has 1 aliphatic carbocycles. The van der Waals surface area contributed by atoms with Crippen molar-refractivity contribution in [2.45, 2.75) is 12.8 Å². The highest BCUT2D eigenvalue weighted by Crippen LogP contribution is 2.36. The van der Waals surface area contributed by atoms with E-state index in [-0.39, 0.29) is 0 Å². The summed E-state index contributed by atoms with van der Waals surface area (Å²) in [7, 11) is 0. The van der Waals surface area contributed by atoms with Gasteiger partial charge in [0, 0.05) is 40.0 Å². The van der Waals surface area contributed by atoms with E-state index in [4.69, 9.17) is 9.97 Å². The van der Waals surface area contributed by atoms with Gasteiger partial charge in [-0.1, -0.05) is 164 Å². The van der Waals surface area contributed by atoms with E-state index < -0.39 is 0 Å². The van der Waals surface area contributed by atoms with Crippen LogP contribution in [0, 0.1) is 0 Å². The van der Waals surface area contributed by atoms with Crippen LogP contribution in [0.2, 0.25) is 0 Å². The summed E-state index contributed by atoms with van der Waals surface area (Å²) in [5.41, 5.74) is 14.7. The topological polar surface area (TPSA) is 38.7 Å². The molecule has 0 spiro atoms. The molecule has 54 heavy (non-hydrogen) atoms. The zero-order valence-electron chi connectivity index (χ0n) is 29.7. The lowest BCUT2D eigenvalue weighted by atomic mass is 9.89. The van der Waals surface area contributed by atoms with Crippen molar-refractivity contribution in [1.29, 1.82) is 0 Å². The fraction of sp³-hybridized carbons (Fsp3) is 0.0392. The van der Waals surface area contributed by atoms with Crippen molar-refractivity contribution in [1.82, 2.24) is 15.0 Å². The van der Waals surface area contributed by atoms with Crippen LogP contribution in [0.1, 0.15) is 17.5 Å². The Kier molecular flexibility index (Phi) is 7.96. The van der Waals surface area contributed by atoms with Crippen molar-refractivity contribution in [2.24, 2.45) is 0 Å². The van der Waals surface area contributed by atoms with Crippen molar-refractivity contribution in [3.63, 3.8) is 0 Å². The van der Waals surface area contributed by atoms with Crippen LogP contribution in [0.5, 0.6) is 0 Å². The lowest BCUT2D eigenvalue weighted by molar-refractivity contribution is 0.988. The van der Waals surface area contributed by atoms with Crippen LogP contribution in [0.4, 0.5) is 0 Å². The van der Waals surface area contributed by atoms with Crippen LogP contribution in [0.15, 0.2) is 182 Å². The second kappa shape index (κ2) is 13.5. The quantitative estimate of drug-likeness (QED) is 0.174. The third-order valence-corrected chi connectivity index (χ3v) is 10.7. The van der Waals surface area contributed by atoms with Crippen LogP contribution in [0.25, 0.3) is 94.9 Å². The molecule has 254 valence electrons. The fourth-order valence-electron chi connectivity index (χ4n) is 7.91. The Morgan fingerprint density at radius 1 is 0.407 bits per heavy atom. The number of allylic oxidation sites excluding steroid dienone is 1. The molecule has 0 bridgehead atoms. The van der Waals surface area contributed by atoms with Gasteiger partial charge in [-0.05, 0) is 80.1 Å². The highest BCUT2D eigenvalue weighted by atomic mass is 14.9. The average Bonchev–Trinajstić information content (AvgIpc) is 3.26. The first kappa shape index (κ1) is 31.7. The second-order valence-electron chi connectivity index (χ2n) is 13.9. The summed E-state index contributed by atoms with van der Waals surface area (Å²) in [6.45, 7) is 0. The zero-order valence-corrected chi connectivity index (χ0v) is 29.7. The number of hydrogen-bond acceptors (Lipinski definition) is 3. The summed E-state index contributed by atoms with van der Waals surface area (Å²) in [4.78, 5) is 15.0. The van der Waals surface area contributed by atoms with Gasteiger partial charge in [0.05, 0.1) is 11.4 Å². The minimum atomic E-state index is 0.696. The van der Waals surface area contributed by atoms with E-state index in [0.717, 1.165) is 57.4 Å². The molecular formula is C51H35N3. The predicted molar refractivity (Wildman–Crippen MR) is 225 cm³/mol. The van der Waals surface area contributed by atoms with Gasteiger partial charge in [-0.2, -0.15) is 0 Å². The molecule has 0 amide bonds. The molecule has 0 N–H and O–H groups in total. The minimum absolute atomic E-state index is 0.696. The van der Waals surface area contributed by atoms with E-state index in [1.807, 2.05) is 12.4 Å². The number of rotatable bonds is 6. The van der Waals surface area contributed by atoms with Crippen LogP contribution in [-0.4, -0.2) is 15.0 Å². The fourth-order valence-corrected chi connectivity index (χ4v) is 7.91. The highest BCUT2D eigenvalue weighted by Gasteiger charge is 2.15. The van der Waals surface area contributed by atoms with Crippen LogP contribution < -0.4 is 0 Å². The Hall–Kier alpha value is -6.97. The van der Waals surface area contributed by atoms with Gasteiger partial charge in [-0.25, -0.2) is 9.97 Å². The molecule has 10 rings (SSSR count). The molecule has 3 heteroatoms. The smallest absolute Gasteiger partial charge is 0.160 e. The molecule has 2 aromatic heterocycles. The minimum Gasteiger partial charge on any atom is -0.263 e. The maximum Gasteiger partial charge on any atom is 0.160 e. The molecule has 3 nitrogen and oxygen atoms in total. The first-order valence-electron chi connectivity index (χ1n) is 18.6. The predicted octanol–water partition coefficient (Wildman–Crippen LogP) is 13.1. The summed E-state index contributed by atoms with van der Waals surface area (Å²) >= 11 is 0. The molecule has 1 aliphatic rings. The first-order valence-corrected chi connectivity index (χ1v) is 18.6. The van der Waals surface area contributed by atoms with E-state index in [0.29, 0.717) is 5.82 Å². The zero-order chi connectivity index (χ0) is 35.8. The first-order chi connectivity index (χ1) is 26.7. The molecule has 0 unspecified atom stereocenters. The number of benzene rings is 7.